The molecule has 1 aliphatic carbocycles. The van der Waals surface area contributed by atoms with E-state index in [4.69, 9.17) is 5.73 Å². The zero-order valence-corrected chi connectivity index (χ0v) is 15.0. The Kier molecular flexibility index (Phi) is 6.15. The first kappa shape index (κ1) is 19.4. The first-order valence-electron chi connectivity index (χ1n) is 7.86. The van der Waals surface area contributed by atoms with Crippen molar-refractivity contribution in [1.82, 2.24) is 4.72 Å². The van der Waals surface area contributed by atoms with Crippen LogP contribution in [0.5, 0.6) is 0 Å². The number of rotatable bonds is 6. The zero-order valence-electron chi connectivity index (χ0n) is 14.2. The summed E-state index contributed by atoms with van der Waals surface area (Å²) in [5.74, 6) is -1.43. The average Bonchev–Trinajstić information content (AvgIpc) is 3.06. The van der Waals surface area contributed by atoms with E-state index in [1.807, 2.05) is 0 Å². The zero-order chi connectivity index (χ0) is 18.6. The molecular weight excluding hydrogens is 348 g/mol. The molecule has 3 N–H and O–H groups in total. The third-order valence-electron chi connectivity index (χ3n) is 4.33. The fourth-order valence-electron chi connectivity index (χ4n) is 2.97. The van der Waals surface area contributed by atoms with Crippen molar-refractivity contribution in [2.45, 2.75) is 30.2 Å². The summed E-state index contributed by atoms with van der Waals surface area (Å²) in [6, 6.07) is 3.31. The molecule has 0 aromatic heterocycles. The van der Waals surface area contributed by atoms with E-state index in [-0.39, 0.29) is 28.0 Å². The number of hydrogen-bond acceptors (Lipinski definition) is 7. The molecule has 0 aliphatic heterocycles. The van der Waals surface area contributed by atoms with Crippen LogP contribution in [0.3, 0.4) is 0 Å². The van der Waals surface area contributed by atoms with Gasteiger partial charge in [0.1, 0.15) is 0 Å². The number of nitrogens with two attached hydrogens (primary N) is 1. The quantitative estimate of drug-likeness (QED) is 0.705. The largest absolute Gasteiger partial charge is 0.465 e. The molecule has 2 atom stereocenters. The van der Waals surface area contributed by atoms with E-state index in [2.05, 4.69) is 14.2 Å². The second kappa shape index (κ2) is 7.94. The number of carbonyl (C=O) groups excluding carboxylic acids is 2. The number of benzene rings is 1. The van der Waals surface area contributed by atoms with E-state index in [0.717, 1.165) is 12.8 Å². The van der Waals surface area contributed by atoms with Gasteiger partial charge < -0.3 is 15.2 Å². The van der Waals surface area contributed by atoms with Gasteiger partial charge in [0.2, 0.25) is 10.0 Å². The van der Waals surface area contributed by atoms with Crippen LogP contribution in [-0.2, 0) is 19.5 Å². The monoisotopic (exact) mass is 370 g/mol. The van der Waals surface area contributed by atoms with Gasteiger partial charge in [-0.05, 0) is 43.5 Å². The van der Waals surface area contributed by atoms with Crippen LogP contribution >= 0.6 is 0 Å². The Hall–Kier alpha value is -1.97. The predicted molar refractivity (Wildman–Crippen MR) is 89.6 cm³/mol. The topological polar surface area (TPSA) is 125 Å². The van der Waals surface area contributed by atoms with E-state index >= 15 is 0 Å². The first-order valence-corrected chi connectivity index (χ1v) is 9.34. The lowest BCUT2D eigenvalue weighted by atomic mass is 10.1. The lowest BCUT2D eigenvalue weighted by Crippen LogP contribution is -2.39. The Morgan fingerprint density at radius 1 is 1.12 bits per heavy atom. The third-order valence-corrected chi connectivity index (χ3v) is 5.80. The predicted octanol–water partition coefficient (Wildman–Crippen LogP) is 0.666. The molecule has 8 nitrogen and oxygen atoms in total. The molecule has 0 amide bonds. The number of hydrogen-bond donors (Lipinski definition) is 2. The van der Waals surface area contributed by atoms with Crippen LogP contribution in [-0.4, -0.2) is 47.2 Å². The number of ether oxygens (including phenoxy) is 2. The molecule has 2 rings (SSSR count). The summed E-state index contributed by atoms with van der Waals surface area (Å²) in [6.45, 7) is 0.392. The van der Waals surface area contributed by atoms with Crippen LogP contribution in [0.1, 0.15) is 40.0 Å². The maximum Gasteiger partial charge on any atom is 0.337 e. The maximum atomic E-state index is 12.7. The first-order chi connectivity index (χ1) is 11.8. The van der Waals surface area contributed by atoms with Crippen molar-refractivity contribution in [3.63, 3.8) is 0 Å². The smallest absolute Gasteiger partial charge is 0.337 e. The van der Waals surface area contributed by atoms with Crippen LogP contribution in [0.4, 0.5) is 0 Å². The summed E-state index contributed by atoms with van der Waals surface area (Å²) >= 11 is 0. The van der Waals surface area contributed by atoms with Gasteiger partial charge in [0, 0.05) is 6.04 Å². The van der Waals surface area contributed by atoms with Gasteiger partial charge in [-0.1, -0.05) is 6.42 Å². The molecule has 1 saturated carbocycles. The highest BCUT2D eigenvalue weighted by atomic mass is 32.2. The Labute approximate surface area is 146 Å². The average molecular weight is 370 g/mol. The van der Waals surface area contributed by atoms with Crippen molar-refractivity contribution >= 4 is 22.0 Å². The summed E-state index contributed by atoms with van der Waals surface area (Å²) in [5.41, 5.74) is 5.59. The van der Waals surface area contributed by atoms with E-state index in [1.54, 1.807) is 0 Å². The van der Waals surface area contributed by atoms with Crippen molar-refractivity contribution in [2.24, 2.45) is 11.7 Å². The Bertz CT molecular complexity index is 728. The molecule has 1 fully saturated rings. The summed E-state index contributed by atoms with van der Waals surface area (Å²) in [7, 11) is -1.60. The molecule has 1 aliphatic rings. The molecule has 0 bridgehead atoms. The van der Waals surface area contributed by atoms with Crippen LogP contribution in [0.15, 0.2) is 23.1 Å². The van der Waals surface area contributed by atoms with Gasteiger partial charge in [0.25, 0.3) is 0 Å². The van der Waals surface area contributed by atoms with Gasteiger partial charge in [0.05, 0.1) is 30.2 Å². The molecule has 0 heterocycles. The third kappa shape index (κ3) is 4.36. The SMILES string of the molecule is COC(=O)c1cc(C(=O)OC)cc(S(=O)(=O)NC2CCCC2CN)c1. The minimum atomic E-state index is -3.94. The lowest BCUT2D eigenvalue weighted by Gasteiger charge is -2.19. The van der Waals surface area contributed by atoms with Crippen LogP contribution < -0.4 is 10.5 Å². The van der Waals surface area contributed by atoms with Crippen LogP contribution in [0.25, 0.3) is 0 Å². The highest BCUT2D eigenvalue weighted by molar-refractivity contribution is 7.89. The fraction of sp³-hybridized carbons (Fsp3) is 0.500. The van der Waals surface area contributed by atoms with Crippen molar-refractivity contribution in [3.8, 4) is 0 Å². The van der Waals surface area contributed by atoms with Gasteiger partial charge in [0.15, 0.2) is 0 Å². The molecule has 1 aromatic carbocycles. The standard InChI is InChI=1S/C16H22N2O6S/c1-23-15(19)11-6-12(16(20)24-2)8-13(7-11)25(21,22)18-14-5-3-4-10(14)9-17/h6-8,10,14,18H,3-5,9,17H2,1-2H3. The molecular formula is C16H22N2O6S. The summed E-state index contributed by atoms with van der Waals surface area (Å²) in [6.07, 6.45) is 2.45. The second-order valence-electron chi connectivity index (χ2n) is 5.88. The minimum Gasteiger partial charge on any atom is -0.465 e. The Balaban J connectivity index is 2.41. The van der Waals surface area contributed by atoms with Crippen LogP contribution in [0, 0.1) is 5.92 Å². The number of sulfonamides is 1. The Morgan fingerprint density at radius 3 is 2.16 bits per heavy atom. The molecule has 25 heavy (non-hydrogen) atoms. The normalized spacial score (nSPS) is 20.3. The second-order valence-corrected chi connectivity index (χ2v) is 7.60. The number of carbonyl (C=O) groups is 2. The molecule has 2 unspecified atom stereocenters. The molecule has 138 valence electrons. The van der Waals surface area contributed by atoms with Crippen molar-refractivity contribution < 1.29 is 27.5 Å². The van der Waals surface area contributed by atoms with Crippen molar-refractivity contribution in [2.75, 3.05) is 20.8 Å². The number of methoxy groups -OCH3 is 2. The minimum absolute atomic E-state index is 0.0485. The fourth-order valence-corrected chi connectivity index (χ4v) is 4.38. The maximum absolute atomic E-state index is 12.7. The molecule has 0 radical (unpaired) electrons. The van der Waals surface area contributed by atoms with Crippen molar-refractivity contribution in [3.05, 3.63) is 29.3 Å². The van der Waals surface area contributed by atoms with E-state index in [1.165, 1.54) is 32.4 Å². The summed E-state index contributed by atoms with van der Waals surface area (Å²) in [5, 5.41) is 0. The number of nitrogens with one attached hydrogen (secondary N) is 1. The van der Waals surface area contributed by atoms with Crippen LogP contribution in [0.2, 0.25) is 0 Å². The van der Waals surface area contributed by atoms with Crippen molar-refractivity contribution in [1.29, 1.82) is 0 Å². The number of esters is 2. The highest BCUT2D eigenvalue weighted by Gasteiger charge is 2.31. The van der Waals surface area contributed by atoms with E-state index in [9.17, 15) is 18.0 Å². The highest BCUT2D eigenvalue weighted by Crippen LogP contribution is 2.27. The molecule has 1 aromatic rings. The van der Waals surface area contributed by atoms with E-state index < -0.39 is 22.0 Å². The van der Waals surface area contributed by atoms with Gasteiger partial charge in [-0.2, -0.15) is 0 Å². The summed E-state index contributed by atoms with van der Waals surface area (Å²) in [4.78, 5) is 23.4. The van der Waals surface area contributed by atoms with Gasteiger partial charge >= 0.3 is 11.9 Å². The van der Waals surface area contributed by atoms with Gasteiger partial charge in [-0.25, -0.2) is 22.7 Å². The van der Waals surface area contributed by atoms with Gasteiger partial charge in [-0.15, -0.1) is 0 Å². The molecule has 0 spiro atoms. The molecule has 0 saturated heterocycles. The lowest BCUT2D eigenvalue weighted by molar-refractivity contribution is 0.0598. The molecule has 9 heteroatoms. The Morgan fingerprint density at radius 2 is 1.68 bits per heavy atom. The summed E-state index contributed by atoms with van der Waals surface area (Å²) < 4.78 is 37.3. The van der Waals surface area contributed by atoms with E-state index in [0.29, 0.717) is 13.0 Å². The van der Waals surface area contributed by atoms with Gasteiger partial charge in [-0.3, -0.25) is 0 Å².